The molecule has 7 heteroatoms. The second-order valence-electron chi connectivity index (χ2n) is 3.26. The first-order valence-electron chi connectivity index (χ1n) is 4.98. The average Bonchev–Trinajstić information content (AvgIpc) is 2.36. The van der Waals surface area contributed by atoms with E-state index < -0.39 is 0 Å². The molecule has 0 aromatic heterocycles. The van der Waals surface area contributed by atoms with Crippen molar-refractivity contribution in [1.82, 2.24) is 5.06 Å². The lowest BCUT2D eigenvalue weighted by Gasteiger charge is -2.16. The summed E-state index contributed by atoms with van der Waals surface area (Å²) in [7, 11) is 1.60. The molecule has 0 fully saturated rings. The van der Waals surface area contributed by atoms with Crippen molar-refractivity contribution in [1.29, 1.82) is 0 Å². The maximum absolute atomic E-state index is 10.9. The van der Waals surface area contributed by atoms with Crippen LogP contribution in [0.5, 0.6) is 5.75 Å². The second-order valence-corrected chi connectivity index (χ2v) is 4.95. The van der Waals surface area contributed by atoms with Gasteiger partial charge in [-0.15, -0.1) is 0 Å². The fourth-order valence-corrected chi connectivity index (χ4v) is 2.10. The number of ether oxygens (including phenoxy) is 1. The van der Waals surface area contributed by atoms with Crippen molar-refractivity contribution in [2.24, 2.45) is 4.99 Å². The molecular formula is C11H13IN2O3S. The van der Waals surface area contributed by atoms with Crippen LogP contribution < -0.4 is 4.74 Å². The normalized spacial score (nSPS) is 11.2. The fourth-order valence-electron chi connectivity index (χ4n) is 1.26. The number of hydrogen-bond acceptors (Lipinski definition) is 4. The highest BCUT2D eigenvalue weighted by Gasteiger charge is 2.09. The van der Waals surface area contributed by atoms with Crippen LogP contribution in [0.25, 0.3) is 0 Å². The van der Waals surface area contributed by atoms with E-state index in [1.54, 1.807) is 36.0 Å². The molecule has 0 spiro atoms. The minimum Gasteiger partial charge on any atom is -0.497 e. The maximum atomic E-state index is 10.9. The highest BCUT2D eigenvalue weighted by atomic mass is 127. The molecule has 1 amide bonds. The number of benzene rings is 1. The lowest BCUT2D eigenvalue weighted by atomic mass is 10.2. The van der Waals surface area contributed by atoms with Crippen LogP contribution in [0.1, 0.15) is 5.56 Å². The number of hydroxylamine groups is 2. The van der Waals surface area contributed by atoms with Gasteiger partial charge < -0.3 is 4.74 Å². The van der Waals surface area contributed by atoms with Crippen molar-refractivity contribution in [3.05, 3.63) is 29.8 Å². The van der Waals surface area contributed by atoms with Crippen molar-refractivity contribution in [2.45, 2.75) is 6.54 Å². The Hall–Kier alpha value is -0.800. The Kier molecular flexibility index (Phi) is 6.44. The van der Waals surface area contributed by atoms with Gasteiger partial charge in [-0.05, 0) is 24.0 Å². The number of thioether (sulfide) groups is 1. The van der Waals surface area contributed by atoms with Gasteiger partial charge in [-0.1, -0.05) is 23.9 Å². The average molecular weight is 380 g/mol. The van der Waals surface area contributed by atoms with Gasteiger partial charge in [-0.2, -0.15) is 4.99 Å². The first-order chi connectivity index (χ1) is 8.56. The van der Waals surface area contributed by atoms with E-state index in [1.807, 2.05) is 24.3 Å². The summed E-state index contributed by atoms with van der Waals surface area (Å²) in [5.74, 6) is 0.754. The molecule has 1 aromatic rings. The van der Waals surface area contributed by atoms with Gasteiger partial charge >= 0.3 is 3.91 Å². The number of amidine groups is 1. The van der Waals surface area contributed by atoms with Crippen molar-refractivity contribution < 1.29 is 14.7 Å². The first kappa shape index (κ1) is 15.3. The molecule has 0 atom stereocenters. The molecule has 0 aliphatic rings. The standard InChI is InChI=1S/C11H13IN2O3S/c1-17-9-5-3-8(4-6-9)7-14(16)11(18-2)13-10(12)15/h3-6,16H,7H2,1-2H3. The lowest BCUT2D eigenvalue weighted by Crippen LogP contribution is -2.24. The predicted octanol–water partition coefficient (Wildman–Crippen LogP) is 3.16. The summed E-state index contributed by atoms with van der Waals surface area (Å²) in [5.41, 5.74) is 0.890. The largest absolute Gasteiger partial charge is 0.497 e. The van der Waals surface area contributed by atoms with Gasteiger partial charge in [0.15, 0.2) is 5.17 Å². The Bertz CT molecular complexity index is 436. The van der Waals surface area contributed by atoms with Crippen molar-refractivity contribution in [3.63, 3.8) is 0 Å². The number of hydrogen-bond donors (Lipinski definition) is 1. The molecule has 0 saturated heterocycles. The van der Waals surface area contributed by atoms with Gasteiger partial charge in [0.1, 0.15) is 5.75 Å². The molecule has 0 heterocycles. The van der Waals surface area contributed by atoms with E-state index in [0.29, 0.717) is 0 Å². The monoisotopic (exact) mass is 380 g/mol. The smallest absolute Gasteiger partial charge is 0.308 e. The summed E-state index contributed by atoms with van der Waals surface area (Å²) >= 11 is 2.77. The van der Waals surface area contributed by atoms with Gasteiger partial charge in [0.2, 0.25) is 0 Å². The van der Waals surface area contributed by atoms with Crippen LogP contribution in [0.3, 0.4) is 0 Å². The maximum Gasteiger partial charge on any atom is 0.308 e. The van der Waals surface area contributed by atoms with Crippen molar-refractivity contribution in [2.75, 3.05) is 13.4 Å². The molecule has 1 rings (SSSR count). The Labute approximate surface area is 123 Å². The molecule has 0 unspecified atom stereocenters. The number of halogens is 1. The van der Waals surface area contributed by atoms with Crippen LogP contribution in [0, 0.1) is 0 Å². The van der Waals surface area contributed by atoms with Crippen LogP contribution in [0.4, 0.5) is 4.79 Å². The third kappa shape index (κ3) is 4.83. The molecule has 0 aliphatic heterocycles. The van der Waals surface area contributed by atoms with E-state index in [-0.39, 0.29) is 15.6 Å². The van der Waals surface area contributed by atoms with E-state index >= 15 is 0 Å². The highest BCUT2D eigenvalue weighted by molar-refractivity contribution is 14.1. The summed E-state index contributed by atoms with van der Waals surface area (Å²) in [6.07, 6.45) is 1.75. The van der Waals surface area contributed by atoms with Gasteiger partial charge in [-0.25, -0.2) is 5.06 Å². The van der Waals surface area contributed by atoms with Crippen LogP contribution in [-0.2, 0) is 6.54 Å². The van der Waals surface area contributed by atoms with Crippen LogP contribution in [-0.4, -0.2) is 32.7 Å². The van der Waals surface area contributed by atoms with Crippen molar-refractivity contribution >= 4 is 43.4 Å². The quantitative estimate of drug-likeness (QED) is 0.218. The SMILES string of the molecule is COc1ccc(CN(O)C(=NC(=O)I)SC)cc1. The second kappa shape index (κ2) is 7.59. The first-order valence-corrected chi connectivity index (χ1v) is 7.28. The molecule has 0 saturated carbocycles. The number of methoxy groups -OCH3 is 1. The van der Waals surface area contributed by atoms with E-state index in [2.05, 4.69) is 4.99 Å². The third-order valence-electron chi connectivity index (χ3n) is 2.08. The van der Waals surface area contributed by atoms with Crippen LogP contribution in [0.2, 0.25) is 0 Å². The van der Waals surface area contributed by atoms with Crippen LogP contribution in [0.15, 0.2) is 29.3 Å². The molecule has 18 heavy (non-hydrogen) atoms. The Morgan fingerprint density at radius 2 is 2.11 bits per heavy atom. The summed E-state index contributed by atoms with van der Waals surface area (Å²) in [6.45, 7) is 0.258. The van der Waals surface area contributed by atoms with Gasteiger partial charge in [0.05, 0.1) is 13.7 Å². The van der Waals surface area contributed by atoms with E-state index in [0.717, 1.165) is 16.4 Å². The zero-order valence-corrected chi connectivity index (χ0v) is 12.9. The van der Waals surface area contributed by atoms with E-state index in [1.165, 1.54) is 11.8 Å². The zero-order valence-electron chi connectivity index (χ0n) is 9.96. The van der Waals surface area contributed by atoms with Crippen molar-refractivity contribution in [3.8, 4) is 5.75 Å². The molecular weight excluding hydrogens is 367 g/mol. The summed E-state index contributed by atoms with van der Waals surface area (Å²) < 4.78 is 4.68. The minimum absolute atomic E-state index is 0.258. The molecule has 98 valence electrons. The van der Waals surface area contributed by atoms with Crippen LogP contribution >= 0.6 is 34.4 Å². The number of amides is 1. The van der Waals surface area contributed by atoms with Gasteiger partial charge in [0, 0.05) is 22.6 Å². The molecule has 0 bridgehead atoms. The van der Waals surface area contributed by atoms with E-state index in [4.69, 9.17) is 4.74 Å². The van der Waals surface area contributed by atoms with Gasteiger partial charge in [0.25, 0.3) is 0 Å². The number of carbonyl (C=O) groups excluding carboxylic acids is 1. The molecule has 1 N–H and O–H groups in total. The Morgan fingerprint density at radius 3 is 2.56 bits per heavy atom. The number of rotatable bonds is 3. The summed E-state index contributed by atoms with van der Waals surface area (Å²) in [5, 5.41) is 11.0. The molecule has 0 aliphatic carbocycles. The van der Waals surface area contributed by atoms with Gasteiger partial charge in [-0.3, -0.25) is 10.0 Å². The fraction of sp³-hybridized carbons (Fsp3) is 0.273. The van der Waals surface area contributed by atoms with E-state index in [9.17, 15) is 10.0 Å². The number of aliphatic imine (C=N–C) groups is 1. The topological polar surface area (TPSA) is 62.1 Å². The number of nitrogens with zero attached hydrogens (tertiary/aromatic N) is 2. The predicted molar refractivity (Wildman–Crippen MR) is 80.7 cm³/mol. The Balaban J connectivity index is 2.73. The zero-order chi connectivity index (χ0) is 13.5. The third-order valence-corrected chi connectivity index (χ3v) is 2.99. The highest BCUT2D eigenvalue weighted by Crippen LogP contribution is 2.14. The Morgan fingerprint density at radius 1 is 1.50 bits per heavy atom. The lowest BCUT2D eigenvalue weighted by molar-refractivity contribution is -0.0187. The summed E-state index contributed by atoms with van der Waals surface area (Å²) in [4.78, 5) is 14.6. The molecule has 5 nitrogen and oxygen atoms in total. The molecule has 1 aromatic carbocycles. The summed E-state index contributed by atoms with van der Waals surface area (Å²) in [6, 6.07) is 7.29. The number of carbonyl (C=O) groups is 1. The minimum atomic E-state index is -0.370. The molecule has 0 radical (unpaired) electrons.